The van der Waals surface area contributed by atoms with Crippen molar-refractivity contribution in [3.63, 3.8) is 0 Å². The van der Waals surface area contributed by atoms with E-state index in [1.54, 1.807) is 36.4 Å². The highest BCUT2D eigenvalue weighted by Gasteiger charge is 2.19. The van der Waals surface area contributed by atoms with Crippen LogP contribution in [0.1, 0.15) is 21.6 Å². The van der Waals surface area contributed by atoms with Crippen molar-refractivity contribution in [1.82, 2.24) is 4.98 Å². The fraction of sp³-hybridized carbons (Fsp3) is 0.200. The number of benzene rings is 2. The molecule has 0 aliphatic rings. The molecule has 0 aliphatic heterocycles. The molecule has 140 valence electrons. The number of nitrogens with two attached hydrogens (primary N) is 1. The number of pyridine rings is 1. The molecule has 3 aromatic rings. The van der Waals surface area contributed by atoms with E-state index in [-0.39, 0.29) is 18.1 Å². The van der Waals surface area contributed by atoms with Gasteiger partial charge in [0.05, 0.1) is 33.5 Å². The van der Waals surface area contributed by atoms with Gasteiger partial charge < -0.3 is 25.1 Å². The van der Waals surface area contributed by atoms with Crippen molar-refractivity contribution in [2.45, 2.75) is 6.61 Å². The van der Waals surface area contributed by atoms with E-state index in [1.165, 1.54) is 21.3 Å². The largest absolute Gasteiger partial charge is 0.493 e. The van der Waals surface area contributed by atoms with Gasteiger partial charge in [-0.1, -0.05) is 6.07 Å². The quantitative estimate of drug-likeness (QED) is 0.509. The minimum absolute atomic E-state index is 0.159. The zero-order valence-corrected chi connectivity index (χ0v) is 15.3. The van der Waals surface area contributed by atoms with Gasteiger partial charge in [0.25, 0.3) is 0 Å². The van der Waals surface area contributed by atoms with Crippen LogP contribution in [0.5, 0.6) is 17.2 Å². The first-order valence-electron chi connectivity index (χ1n) is 8.17. The number of carbonyl (C=O) groups is 1. The average molecular weight is 368 g/mol. The first-order valence-corrected chi connectivity index (χ1v) is 8.17. The topological polar surface area (TPSA) is 104 Å². The van der Waals surface area contributed by atoms with Crippen LogP contribution in [0.25, 0.3) is 10.9 Å². The number of aliphatic hydroxyl groups excluding tert-OH is 1. The molecular formula is C20H20N2O5. The molecule has 1 aromatic heterocycles. The Morgan fingerprint density at radius 2 is 1.70 bits per heavy atom. The minimum atomic E-state index is -0.291. The third-order valence-electron chi connectivity index (χ3n) is 4.33. The van der Waals surface area contributed by atoms with Crippen LogP contribution < -0.4 is 19.9 Å². The van der Waals surface area contributed by atoms with Crippen LogP contribution in [-0.2, 0) is 6.61 Å². The molecular weight excluding hydrogens is 348 g/mol. The van der Waals surface area contributed by atoms with Crippen molar-refractivity contribution < 1.29 is 24.1 Å². The van der Waals surface area contributed by atoms with E-state index in [4.69, 9.17) is 19.9 Å². The molecule has 0 saturated heterocycles. The second kappa shape index (κ2) is 7.51. The van der Waals surface area contributed by atoms with Gasteiger partial charge in [-0.2, -0.15) is 0 Å². The van der Waals surface area contributed by atoms with Crippen LogP contribution in [0.15, 0.2) is 36.4 Å². The number of anilines is 1. The molecule has 1 heterocycles. The van der Waals surface area contributed by atoms with Crippen molar-refractivity contribution in [2.75, 3.05) is 27.1 Å². The van der Waals surface area contributed by atoms with E-state index in [0.29, 0.717) is 45.0 Å². The maximum absolute atomic E-state index is 12.9. The number of aromatic nitrogens is 1. The standard InChI is InChI=1S/C20H20N2O5/c1-25-16-8-12(9-17(26-2)20(16)27-3)19(24)15-7-5-13-14(22-15)6-4-11(10-23)18(13)21/h4-9,23H,10,21H2,1-3H3. The molecule has 0 spiro atoms. The number of hydrogen-bond acceptors (Lipinski definition) is 7. The molecule has 2 aromatic carbocycles. The Balaban J connectivity index is 2.08. The lowest BCUT2D eigenvalue weighted by Crippen LogP contribution is -2.07. The van der Waals surface area contributed by atoms with Crippen LogP contribution in [0.2, 0.25) is 0 Å². The minimum Gasteiger partial charge on any atom is -0.493 e. The van der Waals surface area contributed by atoms with Crippen LogP contribution in [0.3, 0.4) is 0 Å². The summed E-state index contributed by atoms with van der Waals surface area (Å²) in [6.07, 6.45) is 0. The Hall–Kier alpha value is -3.32. The Kier molecular flexibility index (Phi) is 5.14. The molecule has 0 bridgehead atoms. The number of fused-ring (bicyclic) bond motifs is 1. The second-order valence-corrected chi connectivity index (χ2v) is 5.80. The zero-order chi connectivity index (χ0) is 19.6. The molecule has 0 fully saturated rings. The summed E-state index contributed by atoms with van der Waals surface area (Å²) < 4.78 is 15.9. The smallest absolute Gasteiger partial charge is 0.211 e. The number of hydrogen-bond donors (Lipinski definition) is 2. The second-order valence-electron chi connectivity index (χ2n) is 5.80. The van der Waals surface area contributed by atoms with Gasteiger partial charge in [0.1, 0.15) is 5.69 Å². The number of nitrogen functional groups attached to an aromatic ring is 1. The first kappa shape index (κ1) is 18.5. The summed E-state index contributed by atoms with van der Waals surface area (Å²) in [7, 11) is 4.47. The SMILES string of the molecule is COc1cc(C(=O)c2ccc3c(N)c(CO)ccc3n2)cc(OC)c1OC. The third-order valence-corrected chi connectivity index (χ3v) is 4.33. The van der Waals surface area contributed by atoms with Crippen molar-refractivity contribution in [1.29, 1.82) is 0 Å². The van der Waals surface area contributed by atoms with Crippen molar-refractivity contribution in [3.8, 4) is 17.2 Å². The first-order chi connectivity index (χ1) is 13.0. The number of nitrogens with zero attached hydrogens (tertiary/aromatic N) is 1. The number of aliphatic hydroxyl groups is 1. The van der Waals surface area contributed by atoms with Gasteiger partial charge in [0.15, 0.2) is 11.5 Å². The Morgan fingerprint density at radius 1 is 1.04 bits per heavy atom. The van der Waals surface area contributed by atoms with E-state index >= 15 is 0 Å². The summed E-state index contributed by atoms with van der Waals surface area (Å²) in [4.78, 5) is 17.4. The fourth-order valence-electron chi connectivity index (χ4n) is 2.90. The van der Waals surface area contributed by atoms with Crippen molar-refractivity contribution in [3.05, 3.63) is 53.2 Å². The summed E-state index contributed by atoms with van der Waals surface area (Å²) in [5, 5.41) is 10.0. The molecule has 7 nitrogen and oxygen atoms in total. The highest BCUT2D eigenvalue weighted by molar-refractivity contribution is 6.09. The van der Waals surface area contributed by atoms with E-state index in [2.05, 4.69) is 4.98 Å². The summed E-state index contributed by atoms with van der Waals surface area (Å²) in [6, 6.07) is 9.91. The zero-order valence-electron chi connectivity index (χ0n) is 15.3. The molecule has 0 radical (unpaired) electrons. The Labute approximate surface area is 156 Å². The Morgan fingerprint density at radius 3 is 2.26 bits per heavy atom. The summed E-state index contributed by atoms with van der Waals surface area (Å²) in [5.74, 6) is 0.893. The van der Waals surface area contributed by atoms with Gasteiger partial charge in [0.2, 0.25) is 11.5 Å². The van der Waals surface area contributed by atoms with Gasteiger partial charge in [-0.05, 0) is 30.3 Å². The molecule has 0 amide bonds. The number of methoxy groups -OCH3 is 3. The average Bonchev–Trinajstić information content (AvgIpc) is 2.72. The highest BCUT2D eigenvalue weighted by atomic mass is 16.5. The molecule has 3 rings (SSSR count). The number of ketones is 1. The summed E-state index contributed by atoms with van der Waals surface area (Å²) >= 11 is 0. The molecule has 7 heteroatoms. The van der Waals surface area contributed by atoms with Gasteiger partial charge in [-0.3, -0.25) is 4.79 Å². The molecule has 27 heavy (non-hydrogen) atoms. The lowest BCUT2D eigenvalue weighted by atomic mass is 10.0. The highest BCUT2D eigenvalue weighted by Crippen LogP contribution is 2.38. The molecule has 0 aliphatic carbocycles. The van der Waals surface area contributed by atoms with Crippen LogP contribution in [-0.4, -0.2) is 37.2 Å². The summed E-state index contributed by atoms with van der Waals surface area (Å²) in [6.45, 7) is -0.159. The van der Waals surface area contributed by atoms with Crippen molar-refractivity contribution >= 4 is 22.4 Å². The normalized spacial score (nSPS) is 10.7. The van der Waals surface area contributed by atoms with Gasteiger partial charge in [0, 0.05) is 22.2 Å². The Bertz CT molecular complexity index is 992. The van der Waals surface area contributed by atoms with E-state index < -0.39 is 0 Å². The van der Waals surface area contributed by atoms with Crippen LogP contribution in [0, 0.1) is 0 Å². The maximum Gasteiger partial charge on any atom is 0.211 e. The molecule has 3 N–H and O–H groups in total. The lowest BCUT2D eigenvalue weighted by molar-refractivity contribution is 0.103. The number of ether oxygens (including phenoxy) is 3. The molecule has 0 atom stereocenters. The number of rotatable bonds is 6. The lowest BCUT2D eigenvalue weighted by Gasteiger charge is -2.14. The fourth-order valence-corrected chi connectivity index (χ4v) is 2.90. The van der Waals surface area contributed by atoms with E-state index in [0.717, 1.165) is 0 Å². The van der Waals surface area contributed by atoms with Crippen LogP contribution in [0.4, 0.5) is 5.69 Å². The van der Waals surface area contributed by atoms with E-state index in [9.17, 15) is 9.90 Å². The summed E-state index contributed by atoms with van der Waals surface area (Å²) in [5.41, 5.74) is 8.30. The van der Waals surface area contributed by atoms with Gasteiger partial charge in [-0.15, -0.1) is 0 Å². The van der Waals surface area contributed by atoms with Gasteiger partial charge in [-0.25, -0.2) is 4.98 Å². The predicted octanol–water partition coefficient (Wildman–Crippen LogP) is 2.57. The van der Waals surface area contributed by atoms with E-state index in [1.807, 2.05) is 0 Å². The maximum atomic E-state index is 12.9. The molecule has 0 unspecified atom stereocenters. The third kappa shape index (κ3) is 3.24. The predicted molar refractivity (Wildman–Crippen MR) is 102 cm³/mol. The monoisotopic (exact) mass is 368 g/mol. The van der Waals surface area contributed by atoms with Gasteiger partial charge >= 0.3 is 0 Å². The van der Waals surface area contributed by atoms with Crippen molar-refractivity contribution in [2.24, 2.45) is 0 Å². The van der Waals surface area contributed by atoms with Crippen LogP contribution >= 0.6 is 0 Å². The number of carbonyl (C=O) groups excluding carboxylic acids is 1. The molecule has 0 saturated carbocycles.